The molecule has 1 N–H and O–H groups in total. The van der Waals surface area contributed by atoms with E-state index >= 15 is 0 Å². The number of carboxylic acid groups (broad SMARTS) is 1. The third-order valence-electron chi connectivity index (χ3n) is 4.95. The fourth-order valence-corrected chi connectivity index (χ4v) is 3.91. The van der Waals surface area contributed by atoms with Crippen LogP contribution in [0.1, 0.15) is 24.4 Å². The topological polar surface area (TPSA) is 87.2 Å². The third-order valence-corrected chi connectivity index (χ3v) is 5.18. The van der Waals surface area contributed by atoms with E-state index in [4.69, 9.17) is 21.4 Å². The molecule has 26 heavy (non-hydrogen) atoms. The standard InChI is InChI=1S/C18H21ClN2O5/c1-20-15(22)9-14(17(20)11-3-2-4-12(19)7-11)18(25)21-5-6-26-13(10-21)8-16(23)24/h2-4,7,13-14,17H,5-6,8-10H2,1H3,(H,23,24)/t13-,14+,17+/m1/s1. The average Bonchev–Trinajstić information content (AvgIpc) is 2.89. The largest absolute Gasteiger partial charge is 0.481 e. The van der Waals surface area contributed by atoms with Crippen molar-refractivity contribution < 1.29 is 24.2 Å². The predicted octanol–water partition coefficient (Wildman–Crippen LogP) is 1.56. The van der Waals surface area contributed by atoms with Crippen molar-refractivity contribution in [1.29, 1.82) is 0 Å². The van der Waals surface area contributed by atoms with Crippen LogP contribution in [0.5, 0.6) is 0 Å². The molecule has 3 rings (SSSR count). The second kappa shape index (κ2) is 7.63. The number of morpholine rings is 1. The van der Waals surface area contributed by atoms with Crippen LogP contribution in [0.15, 0.2) is 24.3 Å². The first-order valence-electron chi connectivity index (χ1n) is 8.50. The molecule has 2 aliphatic rings. The van der Waals surface area contributed by atoms with Crippen molar-refractivity contribution in [3.63, 3.8) is 0 Å². The van der Waals surface area contributed by atoms with E-state index in [0.29, 0.717) is 18.2 Å². The first kappa shape index (κ1) is 18.7. The van der Waals surface area contributed by atoms with Crippen molar-refractivity contribution in [3.05, 3.63) is 34.9 Å². The SMILES string of the molecule is CN1C(=O)C[C@H](C(=O)N2CCO[C@H](CC(=O)O)C2)[C@@H]1c1cccc(Cl)c1. The summed E-state index contributed by atoms with van der Waals surface area (Å²) < 4.78 is 5.43. The van der Waals surface area contributed by atoms with Crippen LogP contribution in [0, 0.1) is 5.92 Å². The molecule has 0 unspecified atom stereocenters. The first-order valence-corrected chi connectivity index (χ1v) is 8.88. The zero-order chi connectivity index (χ0) is 18.8. The summed E-state index contributed by atoms with van der Waals surface area (Å²) in [5.74, 6) is -1.72. The summed E-state index contributed by atoms with van der Waals surface area (Å²) in [6, 6.07) is 6.80. The Kier molecular flexibility index (Phi) is 5.48. The minimum Gasteiger partial charge on any atom is -0.481 e. The van der Waals surface area contributed by atoms with Crippen LogP contribution in [0.3, 0.4) is 0 Å². The van der Waals surface area contributed by atoms with Gasteiger partial charge in [-0.3, -0.25) is 14.4 Å². The normalized spacial score (nSPS) is 26.2. The van der Waals surface area contributed by atoms with E-state index in [-0.39, 0.29) is 37.2 Å². The Bertz CT molecular complexity index is 725. The quantitative estimate of drug-likeness (QED) is 0.856. The third kappa shape index (κ3) is 3.83. The summed E-state index contributed by atoms with van der Waals surface area (Å²) in [6.07, 6.45) is -0.539. The molecule has 0 aromatic heterocycles. The molecular formula is C18H21ClN2O5. The van der Waals surface area contributed by atoms with Gasteiger partial charge in [0.2, 0.25) is 11.8 Å². The van der Waals surface area contributed by atoms with Gasteiger partial charge in [0, 0.05) is 31.6 Å². The molecule has 2 saturated heterocycles. The van der Waals surface area contributed by atoms with Gasteiger partial charge in [-0.25, -0.2) is 0 Å². The molecule has 0 saturated carbocycles. The van der Waals surface area contributed by atoms with E-state index in [9.17, 15) is 14.4 Å². The summed E-state index contributed by atoms with van der Waals surface area (Å²) in [6.45, 7) is 0.912. The highest BCUT2D eigenvalue weighted by Crippen LogP contribution is 2.39. The predicted molar refractivity (Wildman–Crippen MR) is 93.6 cm³/mol. The number of amides is 2. The van der Waals surface area contributed by atoms with Gasteiger partial charge in [0.05, 0.1) is 31.1 Å². The number of carbonyl (C=O) groups is 3. The lowest BCUT2D eigenvalue weighted by molar-refractivity contribution is -0.150. The summed E-state index contributed by atoms with van der Waals surface area (Å²) in [7, 11) is 1.69. The number of ether oxygens (including phenoxy) is 1. The van der Waals surface area contributed by atoms with Gasteiger partial charge in [0.1, 0.15) is 0 Å². The van der Waals surface area contributed by atoms with E-state index in [2.05, 4.69) is 0 Å². The Morgan fingerprint density at radius 3 is 2.85 bits per heavy atom. The number of aliphatic carboxylic acids is 1. The lowest BCUT2D eigenvalue weighted by Crippen LogP contribution is -2.49. The Morgan fingerprint density at radius 2 is 2.15 bits per heavy atom. The Labute approximate surface area is 156 Å². The van der Waals surface area contributed by atoms with Crippen molar-refractivity contribution >= 4 is 29.4 Å². The van der Waals surface area contributed by atoms with Crippen molar-refractivity contribution in [2.24, 2.45) is 5.92 Å². The Morgan fingerprint density at radius 1 is 1.38 bits per heavy atom. The fourth-order valence-electron chi connectivity index (χ4n) is 3.71. The minimum atomic E-state index is -0.961. The molecule has 0 aliphatic carbocycles. The number of halogens is 1. The van der Waals surface area contributed by atoms with Crippen molar-refractivity contribution in [1.82, 2.24) is 9.80 Å². The van der Waals surface area contributed by atoms with Gasteiger partial charge in [-0.1, -0.05) is 23.7 Å². The lowest BCUT2D eigenvalue weighted by atomic mass is 9.92. The molecule has 3 atom stereocenters. The smallest absolute Gasteiger partial charge is 0.306 e. The highest BCUT2D eigenvalue weighted by Gasteiger charge is 2.45. The molecule has 7 nitrogen and oxygen atoms in total. The van der Waals surface area contributed by atoms with Crippen LogP contribution in [0.2, 0.25) is 5.02 Å². The van der Waals surface area contributed by atoms with Gasteiger partial charge >= 0.3 is 5.97 Å². The van der Waals surface area contributed by atoms with E-state index in [1.54, 1.807) is 35.0 Å². The van der Waals surface area contributed by atoms with E-state index in [1.807, 2.05) is 6.07 Å². The maximum absolute atomic E-state index is 13.1. The zero-order valence-corrected chi connectivity index (χ0v) is 15.2. The van der Waals surface area contributed by atoms with Crippen LogP contribution in [-0.2, 0) is 19.1 Å². The minimum absolute atomic E-state index is 0.0938. The highest BCUT2D eigenvalue weighted by molar-refractivity contribution is 6.30. The molecule has 1 aromatic carbocycles. The summed E-state index contributed by atoms with van der Waals surface area (Å²) in [5.41, 5.74) is 0.819. The van der Waals surface area contributed by atoms with Crippen LogP contribution >= 0.6 is 11.6 Å². The molecule has 2 amide bonds. The molecular weight excluding hydrogens is 360 g/mol. The summed E-state index contributed by atoms with van der Waals surface area (Å²) >= 11 is 6.08. The van der Waals surface area contributed by atoms with E-state index in [1.165, 1.54) is 0 Å². The zero-order valence-electron chi connectivity index (χ0n) is 14.4. The lowest BCUT2D eigenvalue weighted by Gasteiger charge is -2.35. The fraction of sp³-hybridized carbons (Fsp3) is 0.500. The van der Waals surface area contributed by atoms with Crippen molar-refractivity contribution in [2.45, 2.75) is 25.0 Å². The van der Waals surface area contributed by atoms with Crippen LogP contribution < -0.4 is 0 Å². The number of hydrogen-bond acceptors (Lipinski definition) is 4. The Hall–Kier alpha value is -2.12. The summed E-state index contributed by atoms with van der Waals surface area (Å²) in [4.78, 5) is 39.5. The van der Waals surface area contributed by atoms with Gasteiger partial charge < -0.3 is 19.6 Å². The molecule has 2 heterocycles. The van der Waals surface area contributed by atoms with Gasteiger partial charge in [-0.2, -0.15) is 0 Å². The van der Waals surface area contributed by atoms with Crippen LogP contribution in [0.4, 0.5) is 0 Å². The highest BCUT2D eigenvalue weighted by atomic mass is 35.5. The van der Waals surface area contributed by atoms with Gasteiger partial charge in [0.25, 0.3) is 0 Å². The molecule has 0 radical (unpaired) electrons. The molecule has 0 spiro atoms. The number of nitrogens with zero attached hydrogens (tertiary/aromatic N) is 2. The van der Waals surface area contributed by atoms with E-state index < -0.39 is 18.0 Å². The van der Waals surface area contributed by atoms with E-state index in [0.717, 1.165) is 5.56 Å². The number of benzene rings is 1. The first-order chi connectivity index (χ1) is 12.4. The molecule has 2 fully saturated rings. The second-order valence-corrected chi connectivity index (χ2v) is 7.13. The molecule has 0 bridgehead atoms. The summed E-state index contributed by atoms with van der Waals surface area (Å²) in [5, 5.41) is 9.49. The van der Waals surface area contributed by atoms with Crippen LogP contribution in [0.25, 0.3) is 0 Å². The molecule has 1 aromatic rings. The average molecular weight is 381 g/mol. The number of carboxylic acids is 1. The number of rotatable bonds is 4. The second-order valence-electron chi connectivity index (χ2n) is 6.69. The molecule has 2 aliphatic heterocycles. The van der Waals surface area contributed by atoms with Crippen molar-refractivity contribution in [3.8, 4) is 0 Å². The van der Waals surface area contributed by atoms with Gasteiger partial charge in [-0.05, 0) is 17.7 Å². The van der Waals surface area contributed by atoms with Gasteiger partial charge in [-0.15, -0.1) is 0 Å². The number of carbonyl (C=O) groups excluding carboxylic acids is 2. The monoisotopic (exact) mass is 380 g/mol. The van der Waals surface area contributed by atoms with Gasteiger partial charge in [0.15, 0.2) is 0 Å². The maximum Gasteiger partial charge on any atom is 0.306 e. The maximum atomic E-state index is 13.1. The number of likely N-dealkylation sites (tertiary alicyclic amines) is 1. The van der Waals surface area contributed by atoms with Crippen molar-refractivity contribution in [2.75, 3.05) is 26.7 Å². The van der Waals surface area contributed by atoms with Crippen LogP contribution in [-0.4, -0.2) is 65.5 Å². The molecule has 8 heteroatoms. The Balaban J connectivity index is 1.80. The molecule has 140 valence electrons. The number of hydrogen-bond donors (Lipinski definition) is 1.